The third-order valence-corrected chi connectivity index (χ3v) is 3.87. The van der Waals surface area contributed by atoms with Gasteiger partial charge in [0.1, 0.15) is 11.5 Å². The van der Waals surface area contributed by atoms with Crippen LogP contribution in [-0.4, -0.2) is 49.8 Å². The molecular formula is C14H18N4O3. The molecule has 0 unspecified atom stereocenters. The molecule has 0 radical (unpaired) electrons. The highest BCUT2D eigenvalue weighted by atomic mass is 16.5. The van der Waals surface area contributed by atoms with Crippen LogP contribution in [0.2, 0.25) is 0 Å². The molecule has 112 valence electrons. The molecule has 2 atom stereocenters. The van der Waals surface area contributed by atoms with Gasteiger partial charge in [-0.1, -0.05) is 5.16 Å². The van der Waals surface area contributed by atoms with E-state index in [1.807, 2.05) is 13.0 Å². The van der Waals surface area contributed by atoms with Gasteiger partial charge < -0.3 is 19.1 Å². The minimum Gasteiger partial charge on any atom is -0.391 e. The molecule has 1 N–H and O–H groups in total. The van der Waals surface area contributed by atoms with E-state index in [-0.39, 0.29) is 11.8 Å². The van der Waals surface area contributed by atoms with Gasteiger partial charge in [0.25, 0.3) is 5.91 Å². The molecule has 0 bridgehead atoms. The van der Waals surface area contributed by atoms with E-state index >= 15 is 0 Å². The molecule has 0 aliphatic carbocycles. The molecule has 21 heavy (non-hydrogen) atoms. The summed E-state index contributed by atoms with van der Waals surface area (Å²) in [5.41, 5.74) is 1.35. The van der Waals surface area contributed by atoms with E-state index in [9.17, 15) is 9.90 Å². The van der Waals surface area contributed by atoms with Crippen LogP contribution in [0.1, 0.15) is 21.9 Å². The maximum absolute atomic E-state index is 12.4. The normalized spacial score (nSPS) is 22.0. The third-order valence-electron chi connectivity index (χ3n) is 3.87. The molecule has 3 heterocycles. The summed E-state index contributed by atoms with van der Waals surface area (Å²) >= 11 is 0. The van der Waals surface area contributed by atoms with Crippen LogP contribution in [0.4, 0.5) is 0 Å². The summed E-state index contributed by atoms with van der Waals surface area (Å²) in [5, 5.41) is 14.0. The Morgan fingerprint density at radius 3 is 2.95 bits per heavy atom. The lowest BCUT2D eigenvalue weighted by molar-refractivity contribution is 0.0755. The summed E-state index contributed by atoms with van der Waals surface area (Å²) in [5.74, 6) is 0.603. The van der Waals surface area contributed by atoms with Crippen LogP contribution in [0, 0.1) is 12.8 Å². The van der Waals surface area contributed by atoms with Gasteiger partial charge in [-0.2, -0.15) is 0 Å². The first-order valence-electron chi connectivity index (χ1n) is 6.90. The van der Waals surface area contributed by atoms with Crippen molar-refractivity contribution >= 4 is 5.91 Å². The summed E-state index contributed by atoms with van der Waals surface area (Å²) in [6.45, 7) is 2.70. The molecular weight excluding hydrogens is 272 g/mol. The molecule has 1 aliphatic heterocycles. The van der Waals surface area contributed by atoms with E-state index in [1.165, 1.54) is 0 Å². The van der Waals surface area contributed by atoms with Gasteiger partial charge in [0.15, 0.2) is 0 Å². The molecule has 1 aliphatic rings. The fraction of sp³-hybridized carbons (Fsp3) is 0.500. The topological polar surface area (TPSA) is 84.4 Å². The summed E-state index contributed by atoms with van der Waals surface area (Å²) in [6, 6.07) is 1.86. The first-order chi connectivity index (χ1) is 10.0. The van der Waals surface area contributed by atoms with Gasteiger partial charge in [0, 0.05) is 38.5 Å². The lowest BCUT2D eigenvalue weighted by Crippen LogP contribution is -2.30. The van der Waals surface area contributed by atoms with E-state index in [1.54, 1.807) is 29.0 Å². The first kappa shape index (κ1) is 13.8. The number of carbonyl (C=O) groups is 1. The zero-order valence-electron chi connectivity index (χ0n) is 12.1. The van der Waals surface area contributed by atoms with E-state index < -0.39 is 6.10 Å². The number of aliphatic hydroxyl groups is 1. The zero-order valence-corrected chi connectivity index (χ0v) is 12.1. The Hall–Kier alpha value is -2.15. The summed E-state index contributed by atoms with van der Waals surface area (Å²) in [6.07, 6.45) is 3.17. The van der Waals surface area contributed by atoms with Gasteiger partial charge in [-0.05, 0) is 6.92 Å². The summed E-state index contributed by atoms with van der Waals surface area (Å²) in [7, 11) is 1.78. The largest absolute Gasteiger partial charge is 0.391 e. The van der Waals surface area contributed by atoms with Gasteiger partial charge in [-0.3, -0.25) is 4.79 Å². The highest BCUT2D eigenvalue weighted by Crippen LogP contribution is 2.23. The van der Waals surface area contributed by atoms with Crippen molar-refractivity contribution < 1.29 is 14.4 Å². The molecule has 7 nitrogen and oxygen atoms in total. The number of nitrogens with zero attached hydrogens (tertiary/aromatic N) is 4. The quantitative estimate of drug-likeness (QED) is 0.884. The lowest BCUT2D eigenvalue weighted by Gasteiger charge is -2.15. The summed E-state index contributed by atoms with van der Waals surface area (Å²) in [4.78, 5) is 18.0. The Morgan fingerprint density at radius 1 is 1.52 bits per heavy atom. The van der Waals surface area contributed by atoms with Crippen LogP contribution < -0.4 is 0 Å². The molecule has 0 saturated carbocycles. The van der Waals surface area contributed by atoms with Gasteiger partial charge in [-0.25, -0.2) is 4.98 Å². The Balaban J connectivity index is 1.68. The number of β-amino-alcohol motifs (C(OH)–C–C–N with tert-alkyl or cyclic N) is 1. The molecule has 3 rings (SSSR count). The van der Waals surface area contributed by atoms with Crippen molar-refractivity contribution in [3.63, 3.8) is 0 Å². The summed E-state index contributed by atoms with van der Waals surface area (Å²) < 4.78 is 6.87. The van der Waals surface area contributed by atoms with Crippen molar-refractivity contribution in [2.45, 2.75) is 19.4 Å². The van der Waals surface area contributed by atoms with E-state index in [2.05, 4.69) is 10.1 Å². The van der Waals surface area contributed by atoms with E-state index in [0.717, 1.165) is 11.5 Å². The average Bonchev–Trinajstić information content (AvgIpc) is 3.12. The number of rotatable bonds is 3. The van der Waals surface area contributed by atoms with Crippen LogP contribution in [0.5, 0.6) is 0 Å². The molecule has 0 aromatic carbocycles. The smallest absolute Gasteiger partial charge is 0.272 e. The molecule has 1 saturated heterocycles. The Morgan fingerprint density at radius 2 is 2.33 bits per heavy atom. The van der Waals surface area contributed by atoms with Crippen molar-refractivity contribution in [1.82, 2.24) is 19.6 Å². The lowest BCUT2D eigenvalue weighted by atomic mass is 10.0. The van der Waals surface area contributed by atoms with Gasteiger partial charge in [0.2, 0.25) is 0 Å². The highest BCUT2D eigenvalue weighted by molar-refractivity contribution is 5.92. The molecule has 2 aromatic rings. The maximum Gasteiger partial charge on any atom is 0.272 e. The van der Waals surface area contributed by atoms with Gasteiger partial charge in [-0.15, -0.1) is 0 Å². The zero-order chi connectivity index (χ0) is 15.0. The predicted octanol–water partition coefficient (Wildman–Crippen LogP) is 0.392. The second-order valence-electron chi connectivity index (χ2n) is 5.57. The van der Waals surface area contributed by atoms with Crippen molar-refractivity contribution in [1.29, 1.82) is 0 Å². The van der Waals surface area contributed by atoms with Crippen molar-refractivity contribution in [2.24, 2.45) is 13.0 Å². The Kier molecular flexibility index (Phi) is 3.50. The molecule has 1 amide bonds. The average molecular weight is 290 g/mol. The highest BCUT2D eigenvalue weighted by Gasteiger charge is 2.35. The second kappa shape index (κ2) is 5.33. The molecule has 1 fully saturated rings. The number of aryl methyl sites for hydroxylation is 2. The number of likely N-dealkylation sites (tertiary alicyclic amines) is 1. The Labute approximate surface area is 122 Å². The molecule has 2 aromatic heterocycles. The maximum atomic E-state index is 12.4. The Bertz CT molecular complexity index is 648. The first-order valence-corrected chi connectivity index (χ1v) is 6.90. The fourth-order valence-electron chi connectivity index (χ4n) is 2.72. The van der Waals surface area contributed by atoms with Crippen molar-refractivity contribution in [2.75, 3.05) is 13.1 Å². The standard InChI is InChI=1S/C14H18N4O3/c1-9-3-11(21-16-9)4-10-6-18(7-13(10)19)14(20)12-5-15-8-17(12)2/h3,5,8,10,13,19H,4,6-7H2,1-2H3/t10-,13-/m1/s1. The number of imidazole rings is 1. The minimum atomic E-state index is -0.549. The number of hydrogen-bond acceptors (Lipinski definition) is 5. The number of aliphatic hydroxyl groups excluding tert-OH is 1. The van der Waals surface area contributed by atoms with Crippen LogP contribution in [0.3, 0.4) is 0 Å². The van der Waals surface area contributed by atoms with Crippen molar-refractivity contribution in [3.8, 4) is 0 Å². The fourth-order valence-corrected chi connectivity index (χ4v) is 2.72. The van der Waals surface area contributed by atoms with Crippen LogP contribution >= 0.6 is 0 Å². The molecule has 0 spiro atoms. The van der Waals surface area contributed by atoms with E-state index in [0.29, 0.717) is 25.2 Å². The van der Waals surface area contributed by atoms with Gasteiger partial charge in [0.05, 0.1) is 24.3 Å². The SMILES string of the molecule is Cc1cc(C[C@@H]2CN(C(=O)c3cncn3C)C[C@H]2O)on1. The number of hydrogen-bond donors (Lipinski definition) is 1. The van der Waals surface area contributed by atoms with Crippen LogP contribution in [-0.2, 0) is 13.5 Å². The predicted molar refractivity (Wildman–Crippen MR) is 73.6 cm³/mol. The minimum absolute atomic E-state index is 0.0328. The van der Waals surface area contributed by atoms with Crippen molar-refractivity contribution in [3.05, 3.63) is 35.7 Å². The number of carbonyl (C=O) groups excluding carboxylic acids is 1. The van der Waals surface area contributed by atoms with Gasteiger partial charge >= 0.3 is 0 Å². The van der Waals surface area contributed by atoms with Crippen LogP contribution in [0.25, 0.3) is 0 Å². The second-order valence-corrected chi connectivity index (χ2v) is 5.57. The number of aromatic nitrogens is 3. The number of amides is 1. The monoisotopic (exact) mass is 290 g/mol. The van der Waals surface area contributed by atoms with Crippen LogP contribution in [0.15, 0.2) is 23.1 Å². The molecule has 7 heteroatoms. The third kappa shape index (κ3) is 2.69. The van der Waals surface area contributed by atoms with E-state index in [4.69, 9.17) is 4.52 Å².